The smallest absolute Gasteiger partial charge is 0.238 e. The molecule has 3 aromatic rings. The fourth-order valence-corrected chi connectivity index (χ4v) is 1.96. The molecule has 0 radical (unpaired) electrons. The monoisotopic (exact) mass is 297 g/mol. The summed E-state index contributed by atoms with van der Waals surface area (Å²) in [6, 6.07) is 9.28. The molecule has 1 aromatic carbocycles. The maximum Gasteiger partial charge on any atom is 0.238 e. The van der Waals surface area contributed by atoms with E-state index in [0.29, 0.717) is 23.4 Å². The highest BCUT2D eigenvalue weighted by molar-refractivity contribution is 5.64. The minimum atomic E-state index is 0.433. The third-order valence-electron chi connectivity index (χ3n) is 3.05. The van der Waals surface area contributed by atoms with Crippen LogP contribution in [-0.2, 0) is 0 Å². The lowest BCUT2D eigenvalue weighted by atomic mass is 10.2. The van der Waals surface area contributed by atoms with E-state index in [1.165, 1.54) is 6.33 Å². The number of rotatable bonds is 5. The van der Waals surface area contributed by atoms with Gasteiger partial charge in [0.05, 0.1) is 19.9 Å². The van der Waals surface area contributed by atoms with Gasteiger partial charge < -0.3 is 14.8 Å². The molecule has 7 heteroatoms. The topological polar surface area (TPSA) is 74.1 Å². The molecule has 2 aromatic heterocycles. The average Bonchev–Trinajstić information content (AvgIpc) is 3.10. The van der Waals surface area contributed by atoms with Gasteiger partial charge in [-0.15, -0.1) is 0 Å². The number of nitrogens with zero attached hydrogens (tertiary/aromatic N) is 4. The Balaban J connectivity index is 1.89. The van der Waals surface area contributed by atoms with Gasteiger partial charge in [-0.05, 0) is 24.3 Å². The van der Waals surface area contributed by atoms with Crippen LogP contribution in [0.4, 0.5) is 11.6 Å². The van der Waals surface area contributed by atoms with Crippen LogP contribution < -0.4 is 14.8 Å². The fourth-order valence-electron chi connectivity index (χ4n) is 1.96. The summed E-state index contributed by atoms with van der Waals surface area (Å²) in [5.74, 6) is 2.32. The highest BCUT2D eigenvalue weighted by Gasteiger charge is 2.08. The van der Waals surface area contributed by atoms with E-state index in [2.05, 4.69) is 20.3 Å². The van der Waals surface area contributed by atoms with E-state index in [1.807, 2.05) is 36.7 Å². The number of ether oxygens (including phenoxy) is 2. The van der Waals surface area contributed by atoms with Crippen molar-refractivity contribution in [3.63, 3.8) is 0 Å². The van der Waals surface area contributed by atoms with Gasteiger partial charge >= 0.3 is 0 Å². The second-order valence-corrected chi connectivity index (χ2v) is 4.39. The van der Waals surface area contributed by atoms with Crippen molar-refractivity contribution >= 4 is 11.6 Å². The normalized spacial score (nSPS) is 10.3. The summed E-state index contributed by atoms with van der Waals surface area (Å²) in [6.07, 6.45) is 5.20. The zero-order valence-electron chi connectivity index (χ0n) is 12.2. The summed E-state index contributed by atoms with van der Waals surface area (Å²) in [4.78, 5) is 12.6. The van der Waals surface area contributed by atoms with E-state index in [-0.39, 0.29) is 0 Å². The maximum atomic E-state index is 5.34. The van der Waals surface area contributed by atoms with Gasteiger partial charge in [-0.2, -0.15) is 4.98 Å². The minimum Gasteiger partial charge on any atom is -0.497 e. The van der Waals surface area contributed by atoms with Crippen molar-refractivity contribution < 1.29 is 9.47 Å². The van der Waals surface area contributed by atoms with Gasteiger partial charge in [0.1, 0.15) is 17.8 Å². The number of hydrogen-bond donors (Lipinski definition) is 1. The second-order valence-electron chi connectivity index (χ2n) is 4.39. The lowest BCUT2D eigenvalue weighted by molar-refractivity contribution is 0.395. The van der Waals surface area contributed by atoms with Crippen LogP contribution in [0.2, 0.25) is 0 Å². The van der Waals surface area contributed by atoms with Gasteiger partial charge in [-0.3, -0.25) is 4.57 Å². The predicted molar refractivity (Wildman–Crippen MR) is 82.0 cm³/mol. The number of methoxy groups -OCH3 is 2. The molecule has 0 saturated carbocycles. The van der Waals surface area contributed by atoms with E-state index in [1.54, 1.807) is 24.9 Å². The summed E-state index contributed by atoms with van der Waals surface area (Å²) < 4.78 is 12.3. The zero-order chi connectivity index (χ0) is 15.4. The Morgan fingerprint density at radius 1 is 1.05 bits per heavy atom. The molecule has 0 spiro atoms. The van der Waals surface area contributed by atoms with E-state index >= 15 is 0 Å². The first kappa shape index (κ1) is 13.9. The third-order valence-corrected chi connectivity index (χ3v) is 3.05. The van der Waals surface area contributed by atoms with E-state index in [0.717, 1.165) is 5.69 Å². The Labute approximate surface area is 127 Å². The molecular formula is C15H15N5O2. The van der Waals surface area contributed by atoms with Crippen LogP contribution in [0.5, 0.6) is 11.5 Å². The number of benzene rings is 1. The molecule has 0 amide bonds. The average molecular weight is 297 g/mol. The Hall–Kier alpha value is -3.09. The Bertz CT molecular complexity index is 758. The van der Waals surface area contributed by atoms with Gasteiger partial charge in [-0.25, -0.2) is 9.97 Å². The summed E-state index contributed by atoms with van der Waals surface area (Å²) in [5, 5.41) is 3.12. The minimum absolute atomic E-state index is 0.433. The van der Waals surface area contributed by atoms with Gasteiger partial charge in [-0.1, -0.05) is 0 Å². The zero-order valence-corrected chi connectivity index (χ0v) is 12.2. The maximum absolute atomic E-state index is 5.34. The predicted octanol–water partition coefficient (Wildman–Crippen LogP) is 2.42. The Morgan fingerprint density at radius 3 is 2.59 bits per heavy atom. The molecule has 2 heterocycles. The van der Waals surface area contributed by atoms with Crippen molar-refractivity contribution in [1.82, 2.24) is 19.5 Å². The van der Waals surface area contributed by atoms with Crippen LogP contribution in [0.1, 0.15) is 0 Å². The molecule has 112 valence electrons. The quantitative estimate of drug-likeness (QED) is 0.779. The number of anilines is 2. The third kappa shape index (κ3) is 2.83. The molecule has 0 aliphatic rings. The van der Waals surface area contributed by atoms with Crippen LogP contribution >= 0.6 is 0 Å². The van der Waals surface area contributed by atoms with E-state index in [4.69, 9.17) is 9.47 Å². The Kier molecular flexibility index (Phi) is 3.86. The van der Waals surface area contributed by atoms with Gasteiger partial charge in [0, 0.05) is 18.5 Å². The molecule has 0 aliphatic carbocycles. The first-order valence-corrected chi connectivity index (χ1v) is 6.61. The van der Waals surface area contributed by atoms with Crippen LogP contribution in [0.25, 0.3) is 5.95 Å². The first-order chi connectivity index (χ1) is 10.8. The second kappa shape index (κ2) is 6.13. The van der Waals surface area contributed by atoms with Crippen molar-refractivity contribution in [3.05, 3.63) is 49.1 Å². The van der Waals surface area contributed by atoms with Crippen molar-refractivity contribution in [2.24, 2.45) is 0 Å². The first-order valence-electron chi connectivity index (χ1n) is 6.61. The summed E-state index contributed by atoms with van der Waals surface area (Å²) in [6.45, 7) is 0. The number of hydrogen-bond acceptors (Lipinski definition) is 6. The number of aromatic nitrogens is 4. The fraction of sp³-hybridized carbons (Fsp3) is 0.133. The molecule has 22 heavy (non-hydrogen) atoms. The molecule has 0 saturated heterocycles. The Morgan fingerprint density at radius 2 is 1.86 bits per heavy atom. The highest BCUT2D eigenvalue weighted by atomic mass is 16.5. The highest BCUT2D eigenvalue weighted by Crippen LogP contribution is 2.30. The standard InChI is InChI=1S/C15H15N5O2/c1-21-11-5-6-12(13(9-11)22-2)18-14-16-10-17-15(19-14)20-7-3-4-8-20/h3-10H,1-2H3,(H,16,17,18,19). The van der Waals surface area contributed by atoms with Gasteiger partial charge in [0.15, 0.2) is 0 Å². The molecule has 7 nitrogen and oxygen atoms in total. The molecule has 0 unspecified atom stereocenters. The molecular weight excluding hydrogens is 282 g/mol. The molecule has 0 aliphatic heterocycles. The van der Waals surface area contributed by atoms with Crippen LogP contribution in [0, 0.1) is 0 Å². The summed E-state index contributed by atoms with van der Waals surface area (Å²) >= 11 is 0. The van der Waals surface area contributed by atoms with Crippen LogP contribution in [0.3, 0.4) is 0 Å². The largest absolute Gasteiger partial charge is 0.497 e. The lowest BCUT2D eigenvalue weighted by Crippen LogP contribution is -2.04. The van der Waals surface area contributed by atoms with Crippen LogP contribution in [-0.4, -0.2) is 33.7 Å². The lowest BCUT2D eigenvalue weighted by Gasteiger charge is -2.11. The molecule has 0 bridgehead atoms. The molecule has 0 atom stereocenters. The van der Waals surface area contributed by atoms with Crippen molar-refractivity contribution in [1.29, 1.82) is 0 Å². The number of nitrogens with one attached hydrogen (secondary N) is 1. The van der Waals surface area contributed by atoms with Crippen LogP contribution in [0.15, 0.2) is 49.1 Å². The van der Waals surface area contributed by atoms with Gasteiger partial charge in [0.2, 0.25) is 11.9 Å². The molecule has 1 N–H and O–H groups in total. The van der Waals surface area contributed by atoms with Crippen molar-refractivity contribution in [2.45, 2.75) is 0 Å². The van der Waals surface area contributed by atoms with Gasteiger partial charge in [0.25, 0.3) is 0 Å². The summed E-state index contributed by atoms with van der Waals surface area (Å²) in [7, 11) is 3.20. The van der Waals surface area contributed by atoms with E-state index < -0.39 is 0 Å². The van der Waals surface area contributed by atoms with E-state index in [9.17, 15) is 0 Å². The summed E-state index contributed by atoms with van der Waals surface area (Å²) in [5.41, 5.74) is 0.743. The van der Waals surface area contributed by atoms with Crippen molar-refractivity contribution in [2.75, 3.05) is 19.5 Å². The SMILES string of the molecule is COc1ccc(Nc2ncnc(-n3cccc3)n2)c(OC)c1. The molecule has 3 rings (SSSR count). The van der Waals surface area contributed by atoms with Crippen molar-refractivity contribution in [3.8, 4) is 17.4 Å². The molecule has 0 fully saturated rings.